The summed E-state index contributed by atoms with van der Waals surface area (Å²) in [5.41, 5.74) is 1.39. The Balaban J connectivity index is 3.00. The van der Waals surface area contributed by atoms with Crippen LogP contribution < -0.4 is 0 Å². The fourth-order valence-corrected chi connectivity index (χ4v) is 1.49. The van der Waals surface area contributed by atoms with Gasteiger partial charge in [0.05, 0.1) is 12.1 Å². The van der Waals surface area contributed by atoms with Crippen molar-refractivity contribution in [1.82, 2.24) is 4.90 Å². The number of rotatable bonds is 5. The van der Waals surface area contributed by atoms with Crippen molar-refractivity contribution in [3.63, 3.8) is 0 Å². The van der Waals surface area contributed by atoms with Crippen LogP contribution in [-0.2, 0) is 16.1 Å². The summed E-state index contributed by atoms with van der Waals surface area (Å²) < 4.78 is 0. The minimum atomic E-state index is -1.05. The van der Waals surface area contributed by atoms with E-state index in [4.69, 9.17) is 5.11 Å². The minimum absolute atomic E-state index is 0.102. The van der Waals surface area contributed by atoms with Crippen molar-refractivity contribution in [2.24, 2.45) is 0 Å². The maximum Gasteiger partial charge on any atom is 0.332 e. The zero-order chi connectivity index (χ0) is 14.4. The van der Waals surface area contributed by atoms with E-state index in [0.717, 1.165) is 5.56 Å². The number of hydrogen-bond donors (Lipinski definition) is 1. The average Bonchev–Trinajstić information content (AvgIpc) is 2.37. The third-order valence-corrected chi connectivity index (χ3v) is 2.51. The Hall–Kier alpha value is -2.36. The van der Waals surface area contributed by atoms with Crippen LogP contribution in [0.1, 0.15) is 19.4 Å². The molecule has 4 nitrogen and oxygen atoms in total. The van der Waals surface area contributed by atoms with Gasteiger partial charge in [-0.1, -0.05) is 36.9 Å². The molecule has 1 aromatic rings. The Labute approximate surface area is 112 Å². The van der Waals surface area contributed by atoms with Crippen LogP contribution in [0.15, 0.2) is 54.3 Å². The third-order valence-electron chi connectivity index (χ3n) is 2.51. The number of carbonyl (C=O) groups excluding carboxylic acids is 1. The monoisotopic (exact) mass is 259 g/mol. The van der Waals surface area contributed by atoms with Crippen molar-refractivity contribution in [3.05, 3.63) is 59.8 Å². The molecule has 0 aromatic heterocycles. The van der Waals surface area contributed by atoms with Gasteiger partial charge in [-0.25, -0.2) is 4.79 Å². The second kappa shape index (κ2) is 6.54. The highest BCUT2D eigenvalue weighted by atomic mass is 16.4. The summed E-state index contributed by atoms with van der Waals surface area (Å²) >= 11 is 0. The maximum atomic E-state index is 12.0. The van der Waals surface area contributed by atoms with Gasteiger partial charge in [-0.15, -0.1) is 0 Å². The Morgan fingerprint density at radius 3 is 2.32 bits per heavy atom. The summed E-state index contributed by atoms with van der Waals surface area (Å²) in [5, 5.41) is 8.89. The number of carbonyl (C=O) groups is 2. The molecule has 0 saturated heterocycles. The molecular formula is C15H17NO3. The van der Waals surface area contributed by atoms with Gasteiger partial charge < -0.3 is 10.0 Å². The number of carboxylic acids is 1. The summed E-state index contributed by atoms with van der Waals surface area (Å²) in [4.78, 5) is 24.2. The molecule has 0 unspecified atom stereocenters. The van der Waals surface area contributed by atoms with Crippen LogP contribution in [0.25, 0.3) is 0 Å². The van der Waals surface area contributed by atoms with Crippen LogP contribution in [0.3, 0.4) is 0 Å². The molecule has 0 bridgehead atoms. The first-order chi connectivity index (χ1) is 8.91. The highest BCUT2D eigenvalue weighted by Crippen LogP contribution is 2.10. The van der Waals surface area contributed by atoms with Crippen LogP contribution in [0.5, 0.6) is 0 Å². The van der Waals surface area contributed by atoms with E-state index in [1.165, 1.54) is 18.0 Å². The first kappa shape index (κ1) is 14.7. The normalized spacial score (nSPS) is 10.9. The van der Waals surface area contributed by atoms with Crippen molar-refractivity contribution in [2.45, 2.75) is 20.4 Å². The number of nitrogens with zero attached hydrogens (tertiary/aromatic N) is 1. The van der Waals surface area contributed by atoms with Gasteiger partial charge >= 0.3 is 5.97 Å². The number of aliphatic carboxylic acids is 1. The zero-order valence-corrected chi connectivity index (χ0v) is 11.1. The lowest BCUT2D eigenvalue weighted by Crippen LogP contribution is -2.26. The van der Waals surface area contributed by atoms with Gasteiger partial charge in [-0.3, -0.25) is 4.79 Å². The third kappa shape index (κ3) is 4.43. The van der Waals surface area contributed by atoms with E-state index in [-0.39, 0.29) is 11.5 Å². The van der Waals surface area contributed by atoms with Gasteiger partial charge in [0.25, 0.3) is 5.91 Å². The Morgan fingerprint density at radius 1 is 1.26 bits per heavy atom. The fourth-order valence-electron chi connectivity index (χ4n) is 1.49. The van der Waals surface area contributed by atoms with Crippen molar-refractivity contribution in [1.29, 1.82) is 0 Å². The summed E-state index contributed by atoms with van der Waals surface area (Å²) in [6, 6.07) is 9.37. The largest absolute Gasteiger partial charge is 0.478 e. The van der Waals surface area contributed by atoms with Gasteiger partial charge in [0.1, 0.15) is 0 Å². The molecule has 0 atom stereocenters. The fraction of sp³-hybridized carbons (Fsp3) is 0.200. The number of hydrogen-bond acceptors (Lipinski definition) is 2. The highest BCUT2D eigenvalue weighted by Gasteiger charge is 2.14. The molecule has 100 valence electrons. The highest BCUT2D eigenvalue weighted by molar-refractivity contribution is 5.94. The van der Waals surface area contributed by atoms with Gasteiger partial charge in [0.2, 0.25) is 0 Å². The van der Waals surface area contributed by atoms with Crippen LogP contribution in [-0.4, -0.2) is 21.9 Å². The van der Waals surface area contributed by atoms with Crippen LogP contribution in [0.2, 0.25) is 0 Å². The Bertz CT molecular complexity index is 517. The maximum absolute atomic E-state index is 12.0. The predicted molar refractivity (Wildman–Crippen MR) is 73.2 cm³/mol. The second-order valence-electron chi connectivity index (χ2n) is 4.32. The smallest absolute Gasteiger partial charge is 0.332 e. The molecule has 1 N–H and O–H groups in total. The molecule has 0 fully saturated rings. The van der Waals surface area contributed by atoms with E-state index in [9.17, 15) is 9.59 Å². The van der Waals surface area contributed by atoms with E-state index >= 15 is 0 Å². The number of amides is 1. The van der Waals surface area contributed by atoms with Crippen molar-refractivity contribution in [2.75, 3.05) is 0 Å². The van der Waals surface area contributed by atoms with Crippen molar-refractivity contribution < 1.29 is 14.7 Å². The van der Waals surface area contributed by atoms with Gasteiger partial charge in [0, 0.05) is 11.8 Å². The van der Waals surface area contributed by atoms with E-state index in [1.54, 1.807) is 6.92 Å². The standard InChI is InChI=1S/C15H17NO3/c1-11(2)14(17)16(9-12(3)15(18)19)10-13-7-5-4-6-8-13/h4-9H,1,10H2,2-3H3,(H,18,19). The molecule has 0 radical (unpaired) electrons. The molecule has 0 aliphatic carbocycles. The quantitative estimate of drug-likeness (QED) is 0.827. The van der Waals surface area contributed by atoms with E-state index in [2.05, 4.69) is 6.58 Å². The zero-order valence-electron chi connectivity index (χ0n) is 11.1. The lowest BCUT2D eigenvalue weighted by Gasteiger charge is -2.19. The SMILES string of the molecule is C=C(C)C(=O)N(C=C(C)C(=O)O)Cc1ccccc1. The molecule has 0 spiro atoms. The summed E-state index contributed by atoms with van der Waals surface area (Å²) in [5.74, 6) is -1.34. The minimum Gasteiger partial charge on any atom is -0.478 e. The average molecular weight is 259 g/mol. The van der Waals surface area contributed by atoms with E-state index in [1.807, 2.05) is 30.3 Å². The molecule has 1 aromatic carbocycles. The van der Waals surface area contributed by atoms with Crippen LogP contribution in [0.4, 0.5) is 0 Å². The Kier molecular flexibility index (Phi) is 5.06. The molecule has 1 amide bonds. The molecule has 4 heteroatoms. The topological polar surface area (TPSA) is 57.6 Å². The molecule has 0 saturated carbocycles. The van der Waals surface area contributed by atoms with Crippen molar-refractivity contribution in [3.8, 4) is 0 Å². The molecular weight excluding hydrogens is 242 g/mol. The molecule has 1 rings (SSSR count). The van der Waals surface area contributed by atoms with E-state index in [0.29, 0.717) is 12.1 Å². The molecule has 0 heterocycles. The second-order valence-corrected chi connectivity index (χ2v) is 4.32. The summed E-state index contributed by atoms with van der Waals surface area (Å²) in [6.07, 6.45) is 1.34. The molecule has 0 aliphatic rings. The van der Waals surface area contributed by atoms with Gasteiger partial charge in [0.15, 0.2) is 0 Å². The Morgan fingerprint density at radius 2 is 1.84 bits per heavy atom. The van der Waals surface area contributed by atoms with Gasteiger partial charge in [-0.05, 0) is 19.4 Å². The van der Waals surface area contributed by atoms with Crippen LogP contribution in [0, 0.1) is 0 Å². The van der Waals surface area contributed by atoms with Gasteiger partial charge in [-0.2, -0.15) is 0 Å². The first-order valence-corrected chi connectivity index (χ1v) is 5.84. The summed E-state index contributed by atoms with van der Waals surface area (Å²) in [7, 11) is 0. The number of carboxylic acid groups (broad SMARTS) is 1. The molecule has 19 heavy (non-hydrogen) atoms. The van der Waals surface area contributed by atoms with Crippen molar-refractivity contribution >= 4 is 11.9 Å². The molecule has 0 aliphatic heterocycles. The summed E-state index contributed by atoms with van der Waals surface area (Å²) in [6.45, 7) is 6.97. The lowest BCUT2D eigenvalue weighted by molar-refractivity contribution is -0.132. The number of benzene rings is 1. The first-order valence-electron chi connectivity index (χ1n) is 5.84. The van der Waals surface area contributed by atoms with Crippen LogP contribution >= 0.6 is 0 Å². The van der Waals surface area contributed by atoms with E-state index < -0.39 is 5.97 Å². The predicted octanol–water partition coefficient (Wildman–Crippen LogP) is 2.58. The lowest BCUT2D eigenvalue weighted by atomic mass is 10.2.